The van der Waals surface area contributed by atoms with Gasteiger partial charge in [0.25, 0.3) is 0 Å². The number of ketones is 1. The Morgan fingerprint density at radius 2 is 2.36 bits per heavy atom. The molecular weight excluding hydrogens is 150 g/mol. The van der Waals surface area contributed by atoms with Gasteiger partial charge in [0.2, 0.25) is 12.1 Å². The summed E-state index contributed by atoms with van der Waals surface area (Å²) in [4.78, 5) is 10.8. The maximum Gasteiger partial charge on any atom is 0.236 e. The largest absolute Gasteiger partial charge is 0.411 e. The van der Waals surface area contributed by atoms with E-state index in [1.807, 2.05) is 0 Å². The summed E-state index contributed by atoms with van der Waals surface area (Å²) in [5.74, 6) is -0.661. The minimum atomic E-state index is -1.47. The molecule has 2 atom stereocenters. The summed E-state index contributed by atoms with van der Waals surface area (Å²) in [5.41, 5.74) is -0.0312. The van der Waals surface area contributed by atoms with E-state index >= 15 is 0 Å². The topological polar surface area (TPSA) is 79.1 Å². The van der Waals surface area contributed by atoms with E-state index in [1.165, 1.54) is 0 Å². The predicted octanol–water partition coefficient (Wildman–Crippen LogP) is -0.487. The van der Waals surface area contributed by atoms with Gasteiger partial charge in [-0.2, -0.15) is 0 Å². The van der Waals surface area contributed by atoms with Crippen molar-refractivity contribution in [1.82, 2.24) is 0 Å². The molecule has 0 aromatic heterocycles. The maximum atomic E-state index is 10.8. The molecule has 1 saturated heterocycles. The molecule has 0 radical (unpaired) electrons. The van der Waals surface area contributed by atoms with Crippen molar-refractivity contribution >= 4 is 11.5 Å². The van der Waals surface area contributed by atoms with Crippen molar-refractivity contribution in [2.45, 2.75) is 25.7 Å². The molecule has 1 heterocycles. The minimum Gasteiger partial charge on any atom is -0.411 e. The Labute approximate surface area is 63.3 Å². The van der Waals surface area contributed by atoms with Gasteiger partial charge in [-0.15, -0.1) is 0 Å². The Morgan fingerprint density at radius 1 is 1.73 bits per heavy atom. The van der Waals surface area contributed by atoms with Crippen LogP contribution in [0.25, 0.3) is 0 Å². The quantitative estimate of drug-likeness (QED) is 0.369. The average molecular weight is 159 g/mol. The number of rotatable bonds is 0. The number of carbonyl (C=O) groups excluding carboxylic acids is 1. The van der Waals surface area contributed by atoms with Crippen LogP contribution in [0, 0.1) is 0 Å². The zero-order valence-corrected chi connectivity index (χ0v) is 6.02. The summed E-state index contributed by atoms with van der Waals surface area (Å²) >= 11 is 0. The van der Waals surface area contributed by atoms with Crippen molar-refractivity contribution in [3.05, 3.63) is 0 Å². The lowest BCUT2D eigenvalue weighted by molar-refractivity contribution is -0.163. The van der Waals surface area contributed by atoms with Gasteiger partial charge in [0.05, 0.1) is 6.10 Å². The number of oxime groups is 1. The zero-order valence-electron chi connectivity index (χ0n) is 6.02. The van der Waals surface area contributed by atoms with Gasteiger partial charge < -0.3 is 15.1 Å². The van der Waals surface area contributed by atoms with Crippen molar-refractivity contribution in [2.24, 2.45) is 5.16 Å². The van der Waals surface area contributed by atoms with Crippen molar-refractivity contribution < 1.29 is 19.8 Å². The predicted molar refractivity (Wildman–Crippen MR) is 35.4 cm³/mol. The van der Waals surface area contributed by atoms with E-state index in [1.54, 1.807) is 6.92 Å². The van der Waals surface area contributed by atoms with Crippen LogP contribution >= 0.6 is 0 Å². The van der Waals surface area contributed by atoms with Crippen LogP contribution in [0.5, 0.6) is 0 Å². The third-order valence-corrected chi connectivity index (χ3v) is 1.47. The van der Waals surface area contributed by atoms with Gasteiger partial charge in [0.1, 0.15) is 5.71 Å². The van der Waals surface area contributed by atoms with Crippen LogP contribution in [0.2, 0.25) is 0 Å². The molecule has 0 unspecified atom stereocenters. The highest BCUT2D eigenvalue weighted by atomic mass is 16.6. The summed E-state index contributed by atoms with van der Waals surface area (Å²) in [6, 6.07) is 0. The highest BCUT2D eigenvalue weighted by Gasteiger charge is 2.31. The lowest BCUT2D eigenvalue weighted by atomic mass is 10.1. The molecule has 0 spiro atoms. The molecule has 5 nitrogen and oxygen atoms in total. The Morgan fingerprint density at radius 3 is 2.91 bits per heavy atom. The fourth-order valence-electron chi connectivity index (χ4n) is 0.935. The van der Waals surface area contributed by atoms with E-state index < -0.39 is 12.1 Å². The van der Waals surface area contributed by atoms with E-state index in [2.05, 4.69) is 5.16 Å². The van der Waals surface area contributed by atoms with Gasteiger partial charge in [-0.3, -0.25) is 4.79 Å². The molecule has 0 aromatic carbocycles. The third-order valence-electron chi connectivity index (χ3n) is 1.47. The van der Waals surface area contributed by atoms with Crippen LogP contribution in [0.4, 0.5) is 0 Å². The first-order valence-corrected chi connectivity index (χ1v) is 3.24. The van der Waals surface area contributed by atoms with Crippen LogP contribution in [0.3, 0.4) is 0 Å². The fourth-order valence-corrected chi connectivity index (χ4v) is 0.935. The Kier molecular flexibility index (Phi) is 2.21. The molecule has 1 aliphatic heterocycles. The summed E-state index contributed by atoms with van der Waals surface area (Å²) in [7, 11) is 0. The standard InChI is InChI=1S/C6H9NO4/c1-3-2-4(7-10)5(8)6(9)11-3/h3,6,9-10H,2H2,1H3/t3-,6-/m1/s1. The van der Waals surface area contributed by atoms with Crippen LogP contribution < -0.4 is 0 Å². The van der Waals surface area contributed by atoms with Crippen LogP contribution in [0.15, 0.2) is 5.16 Å². The smallest absolute Gasteiger partial charge is 0.236 e. The molecular formula is C6H9NO4. The lowest BCUT2D eigenvalue weighted by Crippen LogP contribution is -2.40. The van der Waals surface area contributed by atoms with Crippen LogP contribution in [-0.4, -0.2) is 34.2 Å². The first kappa shape index (κ1) is 8.16. The van der Waals surface area contributed by atoms with E-state index in [0.717, 1.165) is 0 Å². The van der Waals surface area contributed by atoms with E-state index in [0.29, 0.717) is 0 Å². The minimum absolute atomic E-state index is 0.0312. The molecule has 0 aromatic rings. The van der Waals surface area contributed by atoms with Crippen molar-refractivity contribution in [2.75, 3.05) is 0 Å². The number of aliphatic hydroxyl groups excluding tert-OH is 1. The van der Waals surface area contributed by atoms with E-state index in [-0.39, 0.29) is 18.2 Å². The van der Waals surface area contributed by atoms with Gasteiger partial charge >= 0.3 is 0 Å². The number of ether oxygens (including phenoxy) is 1. The molecule has 1 rings (SSSR count). The molecule has 0 aliphatic carbocycles. The Hall–Kier alpha value is -0.940. The molecule has 5 heteroatoms. The Bertz CT molecular complexity index is 201. The summed E-state index contributed by atoms with van der Waals surface area (Å²) in [6.07, 6.45) is -1.51. The molecule has 11 heavy (non-hydrogen) atoms. The first-order chi connectivity index (χ1) is 5.15. The molecule has 0 bridgehead atoms. The monoisotopic (exact) mass is 159 g/mol. The van der Waals surface area contributed by atoms with Crippen LogP contribution in [-0.2, 0) is 9.53 Å². The summed E-state index contributed by atoms with van der Waals surface area (Å²) in [5, 5.41) is 19.9. The number of hydrogen-bond donors (Lipinski definition) is 2. The maximum absolute atomic E-state index is 10.8. The second-order valence-electron chi connectivity index (χ2n) is 2.41. The molecule has 0 saturated carbocycles. The zero-order chi connectivity index (χ0) is 8.43. The van der Waals surface area contributed by atoms with Crippen molar-refractivity contribution in [3.63, 3.8) is 0 Å². The van der Waals surface area contributed by atoms with Gasteiger partial charge in [-0.05, 0) is 6.92 Å². The van der Waals surface area contributed by atoms with E-state index in [4.69, 9.17) is 15.1 Å². The lowest BCUT2D eigenvalue weighted by Gasteiger charge is -2.22. The van der Waals surface area contributed by atoms with Gasteiger partial charge in [-0.25, -0.2) is 0 Å². The summed E-state index contributed by atoms with van der Waals surface area (Å²) in [6.45, 7) is 1.68. The number of nitrogens with zero attached hydrogens (tertiary/aromatic N) is 1. The molecule has 2 N–H and O–H groups in total. The number of carbonyl (C=O) groups is 1. The van der Waals surface area contributed by atoms with Crippen molar-refractivity contribution in [1.29, 1.82) is 0 Å². The van der Waals surface area contributed by atoms with Crippen molar-refractivity contribution in [3.8, 4) is 0 Å². The Balaban J connectivity index is 2.75. The number of hydrogen-bond acceptors (Lipinski definition) is 5. The highest BCUT2D eigenvalue weighted by Crippen LogP contribution is 2.11. The van der Waals surface area contributed by atoms with E-state index in [9.17, 15) is 4.79 Å². The number of aliphatic hydroxyl groups is 1. The molecule has 0 amide bonds. The first-order valence-electron chi connectivity index (χ1n) is 3.24. The van der Waals surface area contributed by atoms with Gasteiger partial charge in [-0.1, -0.05) is 5.16 Å². The SMILES string of the molecule is C[C@@H]1CC(=NO)C(=O)[C@H](O)O1. The summed E-state index contributed by atoms with van der Waals surface area (Å²) < 4.78 is 4.74. The third kappa shape index (κ3) is 1.55. The molecule has 62 valence electrons. The van der Waals surface area contributed by atoms with Gasteiger partial charge in [0, 0.05) is 6.42 Å². The fraction of sp³-hybridized carbons (Fsp3) is 0.667. The second-order valence-corrected chi connectivity index (χ2v) is 2.41. The normalized spacial score (nSPS) is 36.2. The van der Waals surface area contributed by atoms with Crippen LogP contribution in [0.1, 0.15) is 13.3 Å². The average Bonchev–Trinajstić information content (AvgIpc) is 1.96. The molecule has 1 fully saturated rings. The second kappa shape index (κ2) is 2.98. The van der Waals surface area contributed by atoms with Gasteiger partial charge in [0.15, 0.2) is 0 Å². The molecule has 1 aliphatic rings. The number of Topliss-reactive ketones (excluding diaryl/α,β-unsaturated/α-hetero) is 1. The highest BCUT2D eigenvalue weighted by molar-refractivity contribution is 6.41.